The summed E-state index contributed by atoms with van der Waals surface area (Å²) in [5, 5.41) is 12.2. The summed E-state index contributed by atoms with van der Waals surface area (Å²) in [5.41, 5.74) is 2.70. The summed E-state index contributed by atoms with van der Waals surface area (Å²) in [6.07, 6.45) is 3.78. The van der Waals surface area contributed by atoms with Crippen LogP contribution < -0.4 is 5.32 Å². The molecule has 7 heteroatoms. The van der Waals surface area contributed by atoms with Crippen LogP contribution in [0.3, 0.4) is 0 Å². The van der Waals surface area contributed by atoms with E-state index in [1.54, 1.807) is 6.07 Å². The standard InChI is InChI=1S/C19H26ClN5O/c1-13-5-6-14(11-16(13)20)21-18(26)24-9-7-15(8-10-24)25-12-17(22-23-25)19(2,3)4/h5-6,11-12,15H,7-10H2,1-4H3,(H,21,26). The van der Waals surface area contributed by atoms with Crippen molar-refractivity contribution in [2.45, 2.75) is 52.0 Å². The number of halogens is 1. The number of rotatable bonds is 2. The second kappa shape index (κ2) is 7.27. The first-order chi connectivity index (χ1) is 12.2. The first-order valence-corrected chi connectivity index (χ1v) is 9.36. The Bertz CT molecular complexity index is 787. The second-order valence-corrected chi connectivity index (χ2v) is 8.35. The summed E-state index contributed by atoms with van der Waals surface area (Å²) in [6, 6.07) is 5.76. The van der Waals surface area contributed by atoms with E-state index in [4.69, 9.17) is 11.6 Å². The van der Waals surface area contributed by atoms with Gasteiger partial charge in [-0.15, -0.1) is 5.10 Å². The fourth-order valence-corrected chi connectivity index (χ4v) is 3.19. The van der Waals surface area contributed by atoms with Crippen LogP contribution in [0.1, 0.15) is 50.9 Å². The molecule has 26 heavy (non-hydrogen) atoms. The number of anilines is 1. The highest BCUT2D eigenvalue weighted by Crippen LogP contribution is 2.26. The smallest absolute Gasteiger partial charge is 0.321 e. The fourth-order valence-electron chi connectivity index (χ4n) is 3.01. The number of nitrogens with zero attached hydrogens (tertiary/aromatic N) is 4. The largest absolute Gasteiger partial charge is 0.324 e. The Kier molecular flexibility index (Phi) is 5.23. The molecule has 0 spiro atoms. The highest BCUT2D eigenvalue weighted by atomic mass is 35.5. The molecule has 0 bridgehead atoms. The van der Waals surface area contributed by atoms with Gasteiger partial charge in [-0.2, -0.15) is 0 Å². The molecular weight excluding hydrogens is 350 g/mol. The van der Waals surface area contributed by atoms with E-state index in [1.807, 2.05) is 34.8 Å². The molecule has 0 radical (unpaired) electrons. The molecule has 1 aromatic carbocycles. The summed E-state index contributed by atoms with van der Waals surface area (Å²) >= 11 is 6.12. The molecule has 140 valence electrons. The zero-order valence-electron chi connectivity index (χ0n) is 15.8. The number of aryl methyl sites for hydroxylation is 1. The van der Waals surface area contributed by atoms with E-state index < -0.39 is 0 Å². The van der Waals surface area contributed by atoms with Gasteiger partial charge in [0.25, 0.3) is 0 Å². The van der Waals surface area contributed by atoms with Crippen LogP contribution in [0, 0.1) is 6.92 Å². The van der Waals surface area contributed by atoms with Crippen molar-refractivity contribution in [3.05, 3.63) is 40.7 Å². The summed E-state index contributed by atoms with van der Waals surface area (Å²) in [6.45, 7) is 9.72. The van der Waals surface area contributed by atoms with Crippen LogP contribution in [0.5, 0.6) is 0 Å². The van der Waals surface area contributed by atoms with Crippen molar-refractivity contribution in [2.75, 3.05) is 18.4 Å². The third-order valence-corrected chi connectivity index (χ3v) is 5.23. The average molecular weight is 376 g/mol. The molecule has 0 atom stereocenters. The molecule has 2 heterocycles. The molecule has 1 aliphatic rings. The number of amides is 2. The molecule has 1 saturated heterocycles. The SMILES string of the molecule is Cc1ccc(NC(=O)N2CCC(n3cc(C(C)(C)C)nn3)CC2)cc1Cl. The minimum atomic E-state index is -0.0858. The van der Waals surface area contributed by atoms with Crippen molar-refractivity contribution >= 4 is 23.3 Å². The maximum absolute atomic E-state index is 12.5. The van der Waals surface area contributed by atoms with Gasteiger partial charge < -0.3 is 10.2 Å². The Morgan fingerprint density at radius 2 is 1.96 bits per heavy atom. The van der Waals surface area contributed by atoms with Crippen LogP contribution in [-0.2, 0) is 5.41 Å². The van der Waals surface area contributed by atoms with Crippen molar-refractivity contribution in [3.63, 3.8) is 0 Å². The van der Waals surface area contributed by atoms with Gasteiger partial charge in [-0.1, -0.05) is 43.7 Å². The van der Waals surface area contributed by atoms with E-state index in [2.05, 4.69) is 36.4 Å². The van der Waals surface area contributed by atoms with Crippen LogP contribution >= 0.6 is 11.6 Å². The van der Waals surface area contributed by atoms with E-state index >= 15 is 0 Å². The van der Waals surface area contributed by atoms with Crippen LogP contribution in [-0.4, -0.2) is 39.0 Å². The lowest BCUT2D eigenvalue weighted by atomic mass is 9.93. The summed E-state index contributed by atoms with van der Waals surface area (Å²) < 4.78 is 1.95. The second-order valence-electron chi connectivity index (χ2n) is 7.95. The molecular formula is C19H26ClN5O. The van der Waals surface area contributed by atoms with Gasteiger partial charge in [0.1, 0.15) is 0 Å². The number of urea groups is 1. The van der Waals surface area contributed by atoms with Crippen LogP contribution in [0.2, 0.25) is 5.02 Å². The Labute approximate surface area is 159 Å². The van der Waals surface area contributed by atoms with E-state index in [1.165, 1.54) is 0 Å². The van der Waals surface area contributed by atoms with Gasteiger partial charge in [0.2, 0.25) is 0 Å². The maximum Gasteiger partial charge on any atom is 0.321 e. The molecule has 1 aliphatic heterocycles. The molecule has 2 aromatic rings. The molecule has 6 nitrogen and oxygen atoms in total. The van der Waals surface area contributed by atoms with Crippen LogP contribution in [0.25, 0.3) is 0 Å². The molecule has 2 amide bonds. The van der Waals surface area contributed by atoms with Gasteiger partial charge in [0, 0.05) is 35.4 Å². The van der Waals surface area contributed by atoms with E-state index in [-0.39, 0.29) is 17.5 Å². The summed E-state index contributed by atoms with van der Waals surface area (Å²) in [4.78, 5) is 14.3. The predicted octanol–water partition coefficient (Wildman–Crippen LogP) is 4.41. The number of nitrogens with one attached hydrogen (secondary N) is 1. The van der Waals surface area contributed by atoms with Gasteiger partial charge in [-0.3, -0.25) is 0 Å². The third kappa shape index (κ3) is 4.18. The summed E-state index contributed by atoms with van der Waals surface area (Å²) in [5.74, 6) is 0. The van der Waals surface area contributed by atoms with Gasteiger partial charge in [-0.25, -0.2) is 9.48 Å². The normalized spacial score (nSPS) is 16.0. The minimum Gasteiger partial charge on any atom is -0.324 e. The molecule has 1 N–H and O–H groups in total. The Morgan fingerprint density at radius 3 is 2.54 bits per heavy atom. The van der Waals surface area contributed by atoms with Crippen molar-refractivity contribution in [1.82, 2.24) is 19.9 Å². The average Bonchev–Trinajstić information content (AvgIpc) is 3.09. The molecule has 0 aliphatic carbocycles. The first-order valence-electron chi connectivity index (χ1n) is 8.98. The minimum absolute atomic E-state index is 0.00580. The predicted molar refractivity (Wildman–Crippen MR) is 104 cm³/mol. The number of aromatic nitrogens is 3. The number of piperidine rings is 1. The van der Waals surface area contributed by atoms with E-state index in [0.29, 0.717) is 18.1 Å². The first kappa shape index (κ1) is 18.7. The quantitative estimate of drug-likeness (QED) is 0.845. The van der Waals surface area contributed by atoms with Gasteiger partial charge >= 0.3 is 6.03 Å². The molecule has 1 fully saturated rings. The van der Waals surface area contributed by atoms with Gasteiger partial charge in [0.05, 0.1) is 11.7 Å². The van der Waals surface area contributed by atoms with Crippen molar-refractivity contribution in [1.29, 1.82) is 0 Å². The van der Waals surface area contributed by atoms with Crippen molar-refractivity contribution in [2.24, 2.45) is 0 Å². The molecule has 0 saturated carbocycles. The molecule has 1 aromatic heterocycles. The number of likely N-dealkylation sites (tertiary alicyclic amines) is 1. The number of hydrogen-bond acceptors (Lipinski definition) is 3. The highest BCUT2D eigenvalue weighted by Gasteiger charge is 2.26. The van der Waals surface area contributed by atoms with Crippen LogP contribution in [0.15, 0.2) is 24.4 Å². The third-order valence-electron chi connectivity index (χ3n) is 4.83. The van der Waals surface area contributed by atoms with E-state index in [0.717, 1.165) is 29.8 Å². The zero-order valence-corrected chi connectivity index (χ0v) is 16.5. The fraction of sp³-hybridized carbons (Fsp3) is 0.526. The summed E-state index contributed by atoms with van der Waals surface area (Å²) in [7, 11) is 0. The topological polar surface area (TPSA) is 63.1 Å². The number of hydrogen-bond donors (Lipinski definition) is 1. The maximum atomic E-state index is 12.5. The van der Waals surface area contributed by atoms with Gasteiger partial charge in [0.15, 0.2) is 0 Å². The number of benzene rings is 1. The Morgan fingerprint density at radius 1 is 1.27 bits per heavy atom. The number of carbonyl (C=O) groups is 1. The molecule has 0 unspecified atom stereocenters. The van der Waals surface area contributed by atoms with E-state index in [9.17, 15) is 4.79 Å². The molecule has 3 rings (SSSR count). The highest BCUT2D eigenvalue weighted by molar-refractivity contribution is 6.31. The Hall–Kier alpha value is -2.08. The lowest BCUT2D eigenvalue weighted by Crippen LogP contribution is -2.41. The van der Waals surface area contributed by atoms with Crippen molar-refractivity contribution < 1.29 is 4.79 Å². The van der Waals surface area contributed by atoms with Gasteiger partial charge in [-0.05, 0) is 37.5 Å². The number of carbonyl (C=O) groups excluding carboxylic acids is 1. The monoisotopic (exact) mass is 375 g/mol. The lowest BCUT2D eigenvalue weighted by molar-refractivity contribution is 0.179. The zero-order chi connectivity index (χ0) is 18.9. The lowest BCUT2D eigenvalue weighted by Gasteiger charge is -2.31. The Balaban J connectivity index is 1.57. The van der Waals surface area contributed by atoms with Crippen molar-refractivity contribution in [3.8, 4) is 0 Å². The van der Waals surface area contributed by atoms with Crippen LogP contribution in [0.4, 0.5) is 10.5 Å².